The number of fused-ring (bicyclic) bond motifs is 1. The summed E-state index contributed by atoms with van der Waals surface area (Å²) in [6.07, 6.45) is 3.63. The zero-order chi connectivity index (χ0) is 15.1. The van der Waals surface area contributed by atoms with Gasteiger partial charge in [-0.3, -0.25) is 20.0 Å². The van der Waals surface area contributed by atoms with Crippen molar-refractivity contribution in [3.05, 3.63) is 34.0 Å². The molecule has 1 saturated heterocycles. The van der Waals surface area contributed by atoms with Gasteiger partial charge in [-0.25, -0.2) is 0 Å². The molecule has 3 N–H and O–H groups in total. The Kier molecular flexibility index (Phi) is 2.95. The molecule has 22 heavy (non-hydrogen) atoms. The molecule has 1 atom stereocenters. The fraction of sp³-hybridized carbons (Fsp3) is 0.429. The maximum Gasteiger partial charge on any atom is 0.263 e. The fourth-order valence-corrected chi connectivity index (χ4v) is 3.04. The van der Waals surface area contributed by atoms with E-state index in [1.807, 2.05) is 6.92 Å². The van der Waals surface area contributed by atoms with Crippen molar-refractivity contribution in [3.8, 4) is 0 Å². The fourth-order valence-electron chi connectivity index (χ4n) is 3.04. The Morgan fingerprint density at radius 1 is 1.36 bits per heavy atom. The van der Waals surface area contributed by atoms with Crippen molar-refractivity contribution < 1.29 is 0 Å². The van der Waals surface area contributed by atoms with Gasteiger partial charge in [-0.2, -0.15) is 15.2 Å². The molecule has 4 rings (SSSR count). The molecule has 1 unspecified atom stereocenters. The Labute approximate surface area is 126 Å². The van der Waals surface area contributed by atoms with Gasteiger partial charge in [0.05, 0.1) is 11.9 Å². The van der Waals surface area contributed by atoms with Crippen molar-refractivity contribution in [1.82, 2.24) is 30.4 Å². The van der Waals surface area contributed by atoms with Crippen molar-refractivity contribution in [2.75, 3.05) is 18.0 Å². The predicted molar refractivity (Wildman–Crippen MR) is 82.0 cm³/mol. The third-order valence-corrected chi connectivity index (χ3v) is 4.17. The summed E-state index contributed by atoms with van der Waals surface area (Å²) >= 11 is 0. The van der Waals surface area contributed by atoms with Gasteiger partial charge in [0.2, 0.25) is 5.95 Å². The summed E-state index contributed by atoms with van der Waals surface area (Å²) < 4.78 is 0. The molecule has 0 radical (unpaired) electrons. The van der Waals surface area contributed by atoms with Crippen LogP contribution in [0.25, 0.3) is 11.0 Å². The zero-order valence-corrected chi connectivity index (χ0v) is 12.3. The first kappa shape index (κ1) is 13.1. The summed E-state index contributed by atoms with van der Waals surface area (Å²) in [5.74, 6) is 0.945. The minimum absolute atomic E-state index is 0.161. The van der Waals surface area contributed by atoms with Crippen molar-refractivity contribution in [1.29, 1.82) is 0 Å². The van der Waals surface area contributed by atoms with Gasteiger partial charge in [-0.15, -0.1) is 0 Å². The zero-order valence-electron chi connectivity index (χ0n) is 12.3. The van der Waals surface area contributed by atoms with Crippen molar-refractivity contribution in [3.63, 3.8) is 0 Å². The lowest BCUT2D eigenvalue weighted by Gasteiger charge is -2.32. The standard InChI is InChI=1S/C14H17N7O/c1-8-5-11(19-18-8)9-3-2-4-21(7-9)14-16-12-10(6-15-20-12)13(22)17-14/h5-6,9H,2-4,7H2,1H3,(H,18,19)(H2,15,16,17,20,22). The van der Waals surface area contributed by atoms with Crippen LogP contribution in [0.5, 0.6) is 0 Å². The number of aromatic nitrogens is 6. The highest BCUT2D eigenvalue weighted by Crippen LogP contribution is 2.27. The van der Waals surface area contributed by atoms with E-state index in [1.54, 1.807) is 0 Å². The number of piperidine rings is 1. The van der Waals surface area contributed by atoms with Gasteiger partial charge in [0.15, 0.2) is 5.65 Å². The number of aromatic amines is 3. The molecule has 3 aromatic rings. The van der Waals surface area contributed by atoms with Crippen LogP contribution in [0, 0.1) is 6.92 Å². The molecule has 114 valence electrons. The number of nitrogens with zero attached hydrogens (tertiary/aromatic N) is 4. The second-order valence-corrected chi connectivity index (χ2v) is 5.78. The third-order valence-electron chi connectivity index (χ3n) is 4.17. The van der Waals surface area contributed by atoms with Gasteiger partial charge in [0.1, 0.15) is 5.39 Å². The summed E-state index contributed by atoms with van der Waals surface area (Å²) in [6.45, 7) is 3.68. The Morgan fingerprint density at radius 3 is 3.09 bits per heavy atom. The van der Waals surface area contributed by atoms with E-state index in [0.717, 1.165) is 37.3 Å². The molecule has 3 aromatic heterocycles. The molecule has 0 bridgehead atoms. The summed E-state index contributed by atoms with van der Waals surface area (Å²) in [7, 11) is 0. The average molecular weight is 299 g/mol. The molecule has 0 aromatic carbocycles. The first-order valence-corrected chi connectivity index (χ1v) is 7.41. The Balaban J connectivity index is 1.64. The lowest BCUT2D eigenvalue weighted by Crippen LogP contribution is -2.36. The molecule has 8 heteroatoms. The normalized spacial score (nSPS) is 19.0. The van der Waals surface area contributed by atoms with Crippen LogP contribution in [0.2, 0.25) is 0 Å². The van der Waals surface area contributed by atoms with Crippen LogP contribution in [0.15, 0.2) is 17.1 Å². The van der Waals surface area contributed by atoms with E-state index < -0.39 is 0 Å². The van der Waals surface area contributed by atoms with Crippen LogP contribution >= 0.6 is 0 Å². The number of aryl methyl sites for hydroxylation is 1. The lowest BCUT2D eigenvalue weighted by molar-refractivity contribution is 0.495. The second-order valence-electron chi connectivity index (χ2n) is 5.78. The van der Waals surface area contributed by atoms with Gasteiger partial charge in [0, 0.05) is 24.7 Å². The van der Waals surface area contributed by atoms with E-state index in [0.29, 0.717) is 22.9 Å². The van der Waals surface area contributed by atoms with Crippen molar-refractivity contribution >= 4 is 17.0 Å². The van der Waals surface area contributed by atoms with Crippen LogP contribution in [0.4, 0.5) is 5.95 Å². The molecule has 1 aliphatic rings. The lowest BCUT2D eigenvalue weighted by atomic mass is 9.95. The molecule has 1 fully saturated rings. The van der Waals surface area contributed by atoms with Crippen LogP contribution in [-0.2, 0) is 0 Å². The van der Waals surface area contributed by atoms with E-state index in [-0.39, 0.29) is 5.56 Å². The number of rotatable bonds is 2. The van der Waals surface area contributed by atoms with Crippen LogP contribution in [-0.4, -0.2) is 43.5 Å². The Hall–Kier alpha value is -2.64. The highest BCUT2D eigenvalue weighted by atomic mass is 16.1. The Bertz CT molecular complexity index is 861. The highest BCUT2D eigenvalue weighted by Gasteiger charge is 2.25. The molecule has 0 aliphatic carbocycles. The van der Waals surface area contributed by atoms with Crippen molar-refractivity contribution in [2.45, 2.75) is 25.7 Å². The summed E-state index contributed by atoms with van der Waals surface area (Å²) in [6, 6.07) is 2.09. The van der Waals surface area contributed by atoms with E-state index in [9.17, 15) is 4.79 Å². The number of H-pyrrole nitrogens is 3. The topological polar surface area (TPSA) is 106 Å². The van der Waals surface area contributed by atoms with Gasteiger partial charge < -0.3 is 4.90 Å². The molecule has 0 spiro atoms. The smallest absolute Gasteiger partial charge is 0.263 e. The monoisotopic (exact) mass is 299 g/mol. The van der Waals surface area contributed by atoms with E-state index in [2.05, 4.69) is 41.3 Å². The minimum Gasteiger partial charge on any atom is -0.342 e. The van der Waals surface area contributed by atoms with E-state index in [1.165, 1.54) is 6.20 Å². The maximum atomic E-state index is 12.1. The number of nitrogens with one attached hydrogen (secondary N) is 3. The SMILES string of the molecule is Cc1cc(C2CCCN(c3nc4[nH]ncc4c(=O)[nH]3)C2)n[nH]1. The molecule has 8 nitrogen and oxygen atoms in total. The maximum absolute atomic E-state index is 12.1. The average Bonchev–Trinajstić information content (AvgIpc) is 3.16. The first-order chi connectivity index (χ1) is 10.7. The van der Waals surface area contributed by atoms with E-state index in [4.69, 9.17) is 0 Å². The molecule has 0 amide bonds. The molecular formula is C14H17N7O. The number of hydrogen-bond donors (Lipinski definition) is 3. The molecule has 0 saturated carbocycles. The molecular weight excluding hydrogens is 282 g/mol. The van der Waals surface area contributed by atoms with Gasteiger partial charge in [-0.05, 0) is 25.8 Å². The quantitative estimate of drug-likeness (QED) is 0.656. The summed E-state index contributed by atoms with van der Waals surface area (Å²) in [5, 5.41) is 14.5. The van der Waals surface area contributed by atoms with Crippen LogP contribution in [0.1, 0.15) is 30.1 Å². The predicted octanol–water partition coefficient (Wildman–Crippen LogP) is 1.06. The first-order valence-electron chi connectivity index (χ1n) is 7.41. The van der Waals surface area contributed by atoms with Gasteiger partial charge >= 0.3 is 0 Å². The molecule has 1 aliphatic heterocycles. The van der Waals surface area contributed by atoms with Gasteiger partial charge in [0.25, 0.3) is 5.56 Å². The molecule has 4 heterocycles. The summed E-state index contributed by atoms with van der Waals surface area (Å²) in [4.78, 5) is 21.5. The largest absolute Gasteiger partial charge is 0.342 e. The van der Waals surface area contributed by atoms with Crippen LogP contribution in [0.3, 0.4) is 0 Å². The van der Waals surface area contributed by atoms with Crippen LogP contribution < -0.4 is 10.5 Å². The highest BCUT2D eigenvalue weighted by molar-refractivity contribution is 5.73. The van der Waals surface area contributed by atoms with Gasteiger partial charge in [-0.1, -0.05) is 0 Å². The minimum atomic E-state index is -0.161. The third kappa shape index (κ3) is 2.16. The summed E-state index contributed by atoms with van der Waals surface area (Å²) in [5.41, 5.74) is 2.51. The van der Waals surface area contributed by atoms with E-state index >= 15 is 0 Å². The Morgan fingerprint density at radius 2 is 2.27 bits per heavy atom. The number of hydrogen-bond acceptors (Lipinski definition) is 5. The van der Waals surface area contributed by atoms with Crippen molar-refractivity contribution in [2.24, 2.45) is 0 Å². The number of anilines is 1. The second kappa shape index (κ2) is 4.97.